The zero-order valence-corrected chi connectivity index (χ0v) is 14.2. The van der Waals surface area contributed by atoms with Crippen molar-refractivity contribution in [2.75, 3.05) is 12.4 Å². The van der Waals surface area contributed by atoms with Crippen LogP contribution in [0.1, 0.15) is 16.7 Å². The maximum absolute atomic E-state index is 12.0. The molecule has 116 valence electrons. The maximum atomic E-state index is 12.0. The molecule has 0 saturated heterocycles. The summed E-state index contributed by atoms with van der Waals surface area (Å²) in [6.45, 7) is 2.94. The minimum absolute atomic E-state index is 0.228. The average Bonchev–Trinajstić information content (AvgIpc) is 2.50. The van der Waals surface area contributed by atoms with Crippen LogP contribution in [0, 0.1) is 6.92 Å². The first-order chi connectivity index (χ1) is 10.6. The second-order valence-electron chi connectivity index (χ2n) is 4.97. The number of aryl methyl sites for hydroxylation is 1. The van der Waals surface area contributed by atoms with Crippen LogP contribution in [0.15, 0.2) is 46.9 Å². The minimum atomic E-state index is -0.228. The van der Waals surface area contributed by atoms with Crippen LogP contribution in [0.25, 0.3) is 0 Å². The lowest BCUT2D eigenvalue weighted by Gasteiger charge is -2.12. The van der Waals surface area contributed by atoms with E-state index in [0.29, 0.717) is 13.2 Å². The van der Waals surface area contributed by atoms with Crippen molar-refractivity contribution in [1.82, 2.24) is 5.32 Å². The Morgan fingerprint density at radius 3 is 2.64 bits per heavy atom. The number of benzene rings is 2. The number of methoxy groups -OCH3 is 1. The van der Waals surface area contributed by atoms with Crippen LogP contribution < -0.4 is 10.6 Å². The molecule has 0 unspecified atom stereocenters. The van der Waals surface area contributed by atoms with E-state index in [1.54, 1.807) is 7.11 Å². The predicted molar refractivity (Wildman–Crippen MR) is 91.9 cm³/mol. The van der Waals surface area contributed by atoms with Crippen LogP contribution in [0.2, 0.25) is 0 Å². The third-order valence-corrected chi connectivity index (χ3v) is 3.80. The van der Waals surface area contributed by atoms with Gasteiger partial charge >= 0.3 is 6.03 Å². The monoisotopic (exact) mass is 362 g/mol. The third kappa shape index (κ3) is 4.58. The summed E-state index contributed by atoms with van der Waals surface area (Å²) in [5, 5.41) is 5.73. The highest BCUT2D eigenvalue weighted by Crippen LogP contribution is 2.20. The normalized spacial score (nSPS) is 10.3. The Balaban J connectivity index is 1.97. The summed E-state index contributed by atoms with van der Waals surface area (Å²) in [5.74, 6) is 0. The van der Waals surface area contributed by atoms with Gasteiger partial charge in [0.25, 0.3) is 0 Å². The Morgan fingerprint density at radius 2 is 1.91 bits per heavy atom. The van der Waals surface area contributed by atoms with Crippen molar-refractivity contribution in [3.8, 4) is 0 Å². The standard InChI is InChI=1S/C17H19BrN2O2/c1-12-7-8-15(18)9-16(12)20-17(21)19-10-13-5-3-4-6-14(13)11-22-2/h3-9H,10-11H2,1-2H3,(H2,19,20,21). The molecule has 0 fully saturated rings. The molecule has 0 spiro atoms. The average molecular weight is 363 g/mol. The third-order valence-electron chi connectivity index (χ3n) is 3.31. The van der Waals surface area contributed by atoms with Crippen LogP contribution in [-0.2, 0) is 17.9 Å². The number of halogens is 1. The quantitative estimate of drug-likeness (QED) is 0.836. The molecule has 2 rings (SSSR count). The summed E-state index contributed by atoms with van der Waals surface area (Å²) in [4.78, 5) is 12.0. The van der Waals surface area contributed by atoms with E-state index in [0.717, 1.165) is 26.9 Å². The van der Waals surface area contributed by atoms with E-state index in [1.165, 1.54) is 0 Å². The van der Waals surface area contributed by atoms with E-state index in [-0.39, 0.29) is 6.03 Å². The van der Waals surface area contributed by atoms with Crippen LogP contribution in [-0.4, -0.2) is 13.1 Å². The van der Waals surface area contributed by atoms with Crippen molar-refractivity contribution in [2.45, 2.75) is 20.1 Å². The van der Waals surface area contributed by atoms with Gasteiger partial charge in [-0.3, -0.25) is 0 Å². The van der Waals surface area contributed by atoms with Gasteiger partial charge < -0.3 is 15.4 Å². The van der Waals surface area contributed by atoms with Gasteiger partial charge in [0, 0.05) is 23.8 Å². The fraction of sp³-hybridized carbons (Fsp3) is 0.235. The van der Waals surface area contributed by atoms with Crippen molar-refractivity contribution in [3.63, 3.8) is 0 Å². The summed E-state index contributed by atoms with van der Waals surface area (Å²) in [6, 6.07) is 13.4. The predicted octanol–water partition coefficient (Wildman–Crippen LogP) is 4.23. The number of urea groups is 1. The molecule has 0 aliphatic rings. The largest absolute Gasteiger partial charge is 0.380 e. The van der Waals surface area contributed by atoms with Gasteiger partial charge in [-0.2, -0.15) is 0 Å². The number of ether oxygens (including phenoxy) is 1. The SMILES string of the molecule is COCc1ccccc1CNC(=O)Nc1cc(Br)ccc1C. The molecule has 2 N–H and O–H groups in total. The molecule has 0 bridgehead atoms. The van der Waals surface area contributed by atoms with Crippen molar-refractivity contribution in [2.24, 2.45) is 0 Å². The molecule has 5 heteroatoms. The molecular weight excluding hydrogens is 344 g/mol. The Bertz CT molecular complexity index is 659. The molecule has 22 heavy (non-hydrogen) atoms. The molecule has 0 saturated carbocycles. The van der Waals surface area contributed by atoms with E-state index in [9.17, 15) is 4.79 Å². The Hall–Kier alpha value is -1.85. The van der Waals surface area contributed by atoms with Gasteiger partial charge in [-0.15, -0.1) is 0 Å². The van der Waals surface area contributed by atoms with Crippen molar-refractivity contribution >= 4 is 27.6 Å². The molecule has 0 atom stereocenters. The van der Waals surface area contributed by atoms with E-state index in [4.69, 9.17) is 4.74 Å². The first-order valence-corrected chi connectivity index (χ1v) is 7.76. The smallest absolute Gasteiger partial charge is 0.319 e. The minimum Gasteiger partial charge on any atom is -0.380 e. The molecule has 0 radical (unpaired) electrons. The van der Waals surface area contributed by atoms with Gasteiger partial charge in [-0.05, 0) is 35.7 Å². The number of hydrogen-bond acceptors (Lipinski definition) is 2. The number of rotatable bonds is 5. The summed E-state index contributed by atoms with van der Waals surface area (Å²) < 4.78 is 6.10. The lowest BCUT2D eigenvalue weighted by atomic mass is 10.1. The number of nitrogens with one attached hydrogen (secondary N) is 2. The summed E-state index contributed by atoms with van der Waals surface area (Å²) in [6.07, 6.45) is 0. The van der Waals surface area contributed by atoms with Gasteiger partial charge in [-0.25, -0.2) is 4.79 Å². The summed E-state index contributed by atoms with van der Waals surface area (Å²) >= 11 is 3.40. The van der Waals surface area contributed by atoms with Crippen LogP contribution >= 0.6 is 15.9 Å². The molecule has 0 aromatic heterocycles. The zero-order chi connectivity index (χ0) is 15.9. The number of amides is 2. The molecule has 4 nitrogen and oxygen atoms in total. The maximum Gasteiger partial charge on any atom is 0.319 e. The Morgan fingerprint density at radius 1 is 1.18 bits per heavy atom. The van der Waals surface area contributed by atoms with Crippen LogP contribution in [0.3, 0.4) is 0 Å². The Kier molecular flexibility index (Phi) is 5.98. The molecule has 0 aliphatic carbocycles. The molecule has 2 aromatic rings. The van der Waals surface area contributed by atoms with Gasteiger partial charge in [0.15, 0.2) is 0 Å². The highest BCUT2D eigenvalue weighted by Gasteiger charge is 2.07. The molecular formula is C17H19BrN2O2. The lowest BCUT2D eigenvalue weighted by molar-refractivity contribution is 0.184. The zero-order valence-electron chi connectivity index (χ0n) is 12.7. The molecule has 0 aliphatic heterocycles. The number of hydrogen-bond donors (Lipinski definition) is 2. The Labute approximate surface area is 139 Å². The number of carbonyl (C=O) groups excluding carboxylic acids is 1. The van der Waals surface area contributed by atoms with Crippen LogP contribution in [0.5, 0.6) is 0 Å². The van der Waals surface area contributed by atoms with Crippen molar-refractivity contribution in [3.05, 3.63) is 63.6 Å². The van der Waals surface area contributed by atoms with Crippen LogP contribution in [0.4, 0.5) is 10.5 Å². The highest BCUT2D eigenvalue weighted by molar-refractivity contribution is 9.10. The summed E-state index contributed by atoms with van der Waals surface area (Å²) in [5.41, 5.74) is 3.92. The van der Waals surface area contributed by atoms with Gasteiger partial charge in [0.2, 0.25) is 0 Å². The second-order valence-corrected chi connectivity index (χ2v) is 5.88. The fourth-order valence-electron chi connectivity index (χ4n) is 2.10. The number of anilines is 1. The first-order valence-electron chi connectivity index (χ1n) is 6.97. The molecule has 2 amide bonds. The number of carbonyl (C=O) groups is 1. The van der Waals surface area contributed by atoms with E-state index in [1.807, 2.05) is 49.4 Å². The van der Waals surface area contributed by atoms with Crippen molar-refractivity contribution in [1.29, 1.82) is 0 Å². The fourth-order valence-corrected chi connectivity index (χ4v) is 2.46. The lowest BCUT2D eigenvalue weighted by Crippen LogP contribution is -2.28. The van der Waals surface area contributed by atoms with Gasteiger partial charge in [0.05, 0.1) is 6.61 Å². The molecule has 0 heterocycles. The van der Waals surface area contributed by atoms with E-state index < -0.39 is 0 Å². The van der Waals surface area contributed by atoms with Gasteiger partial charge in [-0.1, -0.05) is 46.3 Å². The first kappa shape index (κ1) is 16.5. The second kappa shape index (κ2) is 7.96. The topological polar surface area (TPSA) is 50.4 Å². The van der Waals surface area contributed by atoms with E-state index >= 15 is 0 Å². The molecule has 2 aromatic carbocycles. The van der Waals surface area contributed by atoms with E-state index in [2.05, 4.69) is 26.6 Å². The van der Waals surface area contributed by atoms with Gasteiger partial charge in [0.1, 0.15) is 0 Å². The summed E-state index contributed by atoms with van der Waals surface area (Å²) in [7, 11) is 1.66. The highest BCUT2D eigenvalue weighted by atomic mass is 79.9. The van der Waals surface area contributed by atoms with Crippen molar-refractivity contribution < 1.29 is 9.53 Å².